The Morgan fingerprint density at radius 1 is 0.939 bits per heavy atom. The van der Waals surface area contributed by atoms with Crippen molar-refractivity contribution in [1.82, 2.24) is 0 Å². The monoisotopic (exact) mass is 466 g/mol. The number of rotatable bonds is 4. The van der Waals surface area contributed by atoms with Gasteiger partial charge in [-0.2, -0.15) is 0 Å². The van der Waals surface area contributed by atoms with Crippen LogP contribution in [0.2, 0.25) is 0 Å². The number of hydrogen-bond acceptors (Lipinski definition) is 12. The number of aliphatic hydroxyl groups excluding tert-OH is 4. The molecule has 0 aromatic heterocycles. The van der Waals surface area contributed by atoms with Crippen LogP contribution in [0.3, 0.4) is 0 Å². The van der Waals surface area contributed by atoms with Gasteiger partial charge >= 0.3 is 0 Å². The largest absolute Gasteiger partial charge is 0.504 e. The zero-order valence-corrected chi connectivity index (χ0v) is 16.9. The van der Waals surface area contributed by atoms with Crippen LogP contribution in [-0.2, 0) is 4.74 Å². The normalized spacial score (nSPS) is 29.3. The highest BCUT2D eigenvalue weighted by molar-refractivity contribution is 6.03. The van der Waals surface area contributed by atoms with E-state index < -0.39 is 72.2 Å². The van der Waals surface area contributed by atoms with E-state index in [2.05, 4.69) is 0 Å². The number of carbonyl (C=O) groups excluding carboxylic acids is 1. The molecule has 0 saturated carbocycles. The van der Waals surface area contributed by atoms with Crippen LogP contribution < -0.4 is 9.47 Å². The van der Waals surface area contributed by atoms with Gasteiger partial charge in [0.15, 0.2) is 28.8 Å². The molecule has 12 nitrogen and oxygen atoms in total. The van der Waals surface area contributed by atoms with Gasteiger partial charge in [-0.05, 0) is 17.7 Å². The van der Waals surface area contributed by atoms with Gasteiger partial charge < -0.3 is 55.1 Å². The zero-order valence-electron chi connectivity index (χ0n) is 16.9. The Balaban J connectivity index is 1.63. The van der Waals surface area contributed by atoms with E-state index in [1.54, 1.807) is 0 Å². The van der Waals surface area contributed by atoms with Crippen molar-refractivity contribution in [2.75, 3.05) is 6.61 Å². The predicted molar refractivity (Wildman–Crippen MR) is 106 cm³/mol. The van der Waals surface area contributed by atoms with Crippen LogP contribution >= 0.6 is 0 Å². The van der Waals surface area contributed by atoms with Crippen LogP contribution in [-0.4, -0.2) is 83.9 Å². The van der Waals surface area contributed by atoms with Gasteiger partial charge in [0.1, 0.15) is 41.8 Å². The van der Waals surface area contributed by atoms with Gasteiger partial charge in [-0.3, -0.25) is 4.79 Å². The van der Waals surface area contributed by atoms with Crippen molar-refractivity contribution in [2.24, 2.45) is 0 Å². The van der Waals surface area contributed by atoms with Gasteiger partial charge in [0.25, 0.3) is 0 Å². The molecule has 1 fully saturated rings. The van der Waals surface area contributed by atoms with Crippen LogP contribution in [0.15, 0.2) is 24.3 Å². The summed E-state index contributed by atoms with van der Waals surface area (Å²) >= 11 is 0. The smallest absolute Gasteiger partial charge is 0.229 e. The predicted octanol–water partition coefficient (Wildman–Crippen LogP) is -0.606. The number of aromatic hydroxyl groups is 4. The number of benzene rings is 2. The Kier molecular flexibility index (Phi) is 5.95. The summed E-state index contributed by atoms with van der Waals surface area (Å²) in [6.45, 7) is -0.715. The van der Waals surface area contributed by atoms with Gasteiger partial charge in [-0.15, -0.1) is 0 Å². The van der Waals surface area contributed by atoms with Crippen LogP contribution in [0.5, 0.6) is 34.5 Å². The van der Waals surface area contributed by atoms with E-state index in [0.29, 0.717) is 5.56 Å². The molecule has 178 valence electrons. The molecule has 0 unspecified atom stereocenters. The van der Waals surface area contributed by atoms with Crippen molar-refractivity contribution in [2.45, 2.75) is 43.2 Å². The topological polar surface area (TPSA) is 207 Å². The summed E-state index contributed by atoms with van der Waals surface area (Å²) in [4.78, 5) is 12.8. The first-order valence-corrected chi connectivity index (χ1v) is 9.90. The maximum atomic E-state index is 12.8. The van der Waals surface area contributed by atoms with E-state index in [1.165, 1.54) is 18.2 Å². The van der Waals surface area contributed by atoms with Crippen LogP contribution in [0.4, 0.5) is 0 Å². The summed E-state index contributed by atoms with van der Waals surface area (Å²) in [5.74, 6) is -3.68. The van der Waals surface area contributed by atoms with Gasteiger partial charge in [-0.1, -0.05) is 6.07 Å². The lowest BCUT2D eigenvalue weighted by Gasteiger charge is -2.39. The number of phenolic OH excluding ortho intramolecular Hbond substituents is 4. The van der Waals surface area contributed by atoms with Gasteiger partial charge in [-0.25, -0.2) is 0 Å². The third-order valence-electron chi connectivity index (χ3n) is 5.57. The van der Waals surface area contributed by atoms with Gasteiger partial charge in [0.2, 0.25) is 12.0 Å². The Hall–Kier alpha value is -3.29. The molecule has 2 heterocycles. The third kappa shape index (κ3) is 3.98. The third-order valence-corrected chi connectivity index (χ3v) is 5.57. The second kappa shape index (κ2) is 8.57. The van der Waals surface area contributed by atoms with E-state index in [1.807, 2.05) is 0 Å². The molecule has 2 aromatic carbocycles. The number of aliphatic hydroxyl groups is 4. The van der Waals surface area contributed by atoms with Crippen molar-refractivity contribution in [3.8, 4) is 34.5 Å². The number of carbonyl (C=O) groups is 1. The lowest BCUT2D eigenvalue weighted by Crippen LogP contribution is -2.60. The molecule has 12 heteroatoms. The number of phenols is 4. The van der Waals surface area contributed by atoms with E-state index in [4.69, 9.17) is 14.2 Å². The molecule has 0 amide bonds. The van der Waals surface area contributed by atoms with Crippen molar-refractivity contribution < 1.29 is 59.9 Å². The fourth-order valence-electron chi connectivity index (χ4n) is 3.76. The van der Waals surface area contributed by atoms with E-state index in [9.17, 15) is 45.6 Å². The molecule has 6 atom stereocenters. The Labute approximate surface area is 186 Å². The molecular weight excluding hydrogens is 444 g/mol. The molecule has 4 rings (SSSR count). The molecule has 8 N–H and O–H groups in total. The highest BCUT2D eigenvalue weighted by Gasteiger charge is 2.45. The number of ether oxygens (including phenoxy) is 3. The minimum absolute atomic E-state index is 0.181. The lowest BCUT2D eigenvalue weighted by molar-refractivity contribution is -0.277. The maximum absolute atomic E-state index is 12.8. The second-order valence-electron chi connectivity index (χ2n) is 7.74. The van der Waals surface area contributed by atoms with Crippen LogP contribution in [0.25, 0.3) is 0 Å². The molecule has 1 saturated heterocycles. The summed E-state index contributed by atoms with van der Waals surface area (Å²) in [6, 6.07) is 4.88. The highest BCUT2D eigenvalue weighted by atomic mass is 16.7. The minimum Gasteiger partial charge on any atom is -0.504 e. The first-order valence-electron chi connectivity index (χ1n) is 9.90. The average molecular weight is 466 g/mol. The molecule has 0 radical (unpaired) electrons. The summed E-state index contributed by atoms with van der Waals surface area (Å²) in [5.41, 5.74) is 0.0524. The Bertz CT molecular complexity index is 1070. The molecule has 2 aliphatic rings. The second-order valence-corrected chi connectivity index (χ2v) is 7.74. The quantitative estimate of drug-likeness (QED) is 0.266. The molecule has 0 bridgehead atoms. The average Bonchev–Trinajstić information content (AvgIpc) is 2.77. The number of hydrogen-bond donors (Lipinski definition) is 8. The molecule has 2 aliphatic heterocycles. The first-order chi connectivity index (χ1) is 15.6. The standard InChI is InChI=1S/C21H22O12/c22-6-14-16(27)18(29)19(30)21(32-14)33-20-11(26)5-13-15(17(20)28)10(25)4-12(31-13)7-1-2-8(23)9(24)3-7/h1-3,5,12,14,16,18-19,21-24,26-30H,4,6H2/t12-,14+,16+,18-,19+,21-/m0/s1. The number of ketones is 1. The molecular formula is C21H22O12. The van der Waals surface area contributed by atoms with Crippen molar-refractivity contribution in [3.63, 3.8) is 0 Å². The number of Topliss-reactive ketones (excluding diaryl/α,β-unsaturated/α-hetero) is 1. The highest BCUT2D eigenvalue weighted by Crippen LogP contribution is 2.49. The molecule has 2 aromatic rings. The lowest BCUT2D eigenvalue weighted by atomic mass is 9.95. The summed E-state index contributed by atoms with van der Waals surface area (Å²) in [5, 5.41) is 79.3. The zero-order chi connectivity index (χ0) is 24.0. The Morgan fingerprint density at radius 3 is 2.33 bits per heavy atom. The Morgan fingerprint density at radius 2 is 1.67 bits per heavy atom. The van der Waals surface area contributed by atoms with Gasteiger partial charge in [0, 0.05) is 6.07 Å². The van der Waals surface area contributed by atoms with Crippen molar-refractivity contribution in [1.29, 1.82) is 0 Å². The summed E-state index contributed by atoms with van der Waals surface area (Å²) < 4.78 is 16.2. The van der Waals surface area contributed by atoms with Gasteiger partial charge in [0.05, 0.1) is 13.0 Å². The summed E-state index contributed by atoms with van der Waals surface area (Å²) in [7, 11) is 0. The fourth-order valence-corrected chi connectivity index (χ4v) is 3.76. The van der Waals surface area contributed by atoms with Crippen molar-refractivity contribution >= 4 is 5.78 Å². The maximum Gasteiger partial charge on any atom is 0.229 e. The van der Waals surface area contributed by atoms with E-state index in [0.717, 1.165) is 6.07 Å². The first kappa shape index (κ1) is 22.9. The van der Waals surface area contributed by atoms with Crippen molar-refractivity contribution in [3.05, 3.63) is 35.4 Å². The molecule has 33 heavy (non-hydrogen) atoms. The van der Waals surface area contributed by atoms with Crippen LogP contribution in [0, 0.1) is 0 Å². The van der Waals surface area contributed by atoms with E-state index >= 15 is 0 Å². The molecule has 0 aliphatic carbocycles. The molecule has 0 spiro atoms. The number of fused-ring (bicyclic) bond motifs is 1. The minimum atomic E-state index is -1.81. The van der Waals surface area contributed by atoms with E-state index in [-0.39, 0.29) is 23.5 Å². The summed E-state index contributed by atoms with van der Waals surface area (Å²) in [6.07, 6.45) is -9.33. The van der Waals surface area contributed by atoms with Crippen LogP contribution in [0.1, 0.15) is 28.4 Å². The fraction of sp³-hybridized carbons (Fsp3) is 0.381. The SMILES string of the molecule is O=C1C[C@@H](c2ccc(O)c(O)c2)Oc2cc(O)c(O[C@@H]3O[C@H](CO)[C@@H](O)[C@H](O)[C@H]3O)c(O)c21.